The molecule has 0 aliphatic carbocycles. The second kappa shape index (κ2) is 5.46. The highest BCUT2D eigenvalue weighted by Crippen LogP contribution is 2.37. The summed E-state index contributed by atoms with van der Waals surface area (Å²) >= 11 is 13.7. The minimum Gasteiger partial charge on any atom is -0.206 e. The first-order chi connectivity index (χ1) is 7.96. The fourth-order valence-electron chi connectivity index (χ4n) is 1.85. The zero-order valence-electron chi connectivity index (χ0n) is 8.70. The standard InChI is InChI=1S/C9H10Br2ClNO2S2/c10-5-6-2-1-3-13(6)17(14,15)8-4-7(12)9(11)16-8/h4,6H,1-3,5H2. The summed E-state index contributed by atoms with van der Waals surface area (Å²) < 4.78 is 27.3. The van der Waals surface area contributed by atoms with Crippen LogP contribution in [0.15, 0.2) is 14.1 Å². The highest BCUT2D eigenvalue weighted by molar-refractivity contribution is 9.11. The second-order valence-corrected chi connectivity index (χ2v) is 9.30. The molecule has 0 amide bonds. The van der Waals surface area contributed by atoms with Crippen molar-refractivity contribution in [3.8, 4) is 0 Å². The summed E-state index contributed by atoms with van der Waals surface area (Å²) in [5.74, 6) is 0. The van der Waals surface area contributed by atoms with E-state index in [1.807, 2.05) is 0 Å². The van der Waals surface area contributed by atoms with Crippen LogP contribution in [0.2, 0.25) is 5.02 Å². The lowest BCUT2D eigenvalue weighted by molar-refractivity contribution is 0.415. The minimum absolute atomic E-state index is 0.0552. The first-order valence-electron chi connectivity index (χ1n) is 4.99. The van der Waals surface area contributed by atoms with Crippen molar-refractivity contribution >= 4 is 64.8 Å². The lowest BCUT2D eigenvalue weighted by Crippen LogP contribution is -2.36. The molecule has 1 atom stereocenters. The quantitative estimate of drug-likeness (QED) is 0.695. The summed E-state index contributed by atoms with van der Waals surface area (Å²) in [4.78, 5) is 0. The Morgan fingerprint density at radius 1 is 1.59 bits per heavy atom. The third-order valence-electron chi connectivity index (χ3n) is 2.69. The monoisotopic (exact) mass is 421 g/mol. The van der Waals surface area contributed by atoms with E-state index in [0.29, 0.717) is 24.9 Å². The molecular formula is C9H10Br2ClNO2S2. The molecule has 1 aromatic rings. The summed E-state index contributed by atoms with van der Waals surface area (Å²) in [6, 6.07) is 1.56. The van der Waals surface area contributed by atoms with Crippen molar-refractivity contribution < 1.29 is 8.42 Å². The van der Waals surface area contributed by atoms with Crippen LogP contribution in [0.3, 0.4) is 0 Å². The van der Waals surface area contributed by atoms with Crippen LogP contribution < -0.4 is 0 Å². The van der Waals surface area contributed by atoms with Gasteiger partial charge in [0.1, 0.15) is 4.21 Å². The van der Waals surface area contributed by atoms with Gasteiger partial charge in [0.2, 0.25) is 0 Å². The SMILES string of the molecule is O=S(=O)(c1cc(Cl)c(Br)s1)N1CCCC1CBr. The predicted molar refractivity (Wildman–Crippen MR) is 77.7 cm³/mol. The largest absolute Gasteiger partial charge is 0.252 e. The van der Waals surface area contributed by atoms with Gasteiger partial charge in [-0.2, -0.15) is 4.31 Å². The van der Waals surface area contributed by atoms with Crippen LogP contribution >= 0.6 is 54.8 Å². The van der Waals surface area contributed by atoms with Crippen LogP contribution in [0.25, 0.3) is 0 Å². The van der Waals surface area contributed by atoms with Gasteiger partial charge < -0.3 is 0 Å². The Labute approximate surface area is 126 Å². The topological polar surface area (TPSA) is 37.4 Å². The molecule has 0 saturated carbocycles. The summed E-state index contributed by atoms with van der Waals surface area (Å²) in [5, 5.41) is 1.12. The molecule has 2 rings (SSSR count). The third-order valence-corrected chi connectivity index (χ3v) is 8.31. The number of halogens is 3. The molecule has 1 unspecified atom stereocenters. The molecule has 96 valence electrons. The molecule has 8 heteroatoms. The van der Waals surface area contributed by atoms with E-state index in [1.165, 1.54) is 6.07 Å². The Morgan fingerprint density at radius 3 is 2.82 bits per heavy atom. The number of thiophene rings is 1. The molecule has 0 spiro atoms. The number of alkyl halides is 1. The van der Waals surface area contributed by atoms with Crippen LogP contribution in [0.4, 0.5) is 0 Å². The molecule has 17 heavy (non-hydrogen) atoms. The van der Waals surface area contributed by atoms with E-state index in [-0.39, 0.29) is 6.04 Å². The zero-order chi connectivity index (χ0) is 12.6. The average molecular weight is 424 g/mol. The van der Waals surface area contributed by atoms with E-state index >= 15 is 0 Å². The van der Waals surface area contributed by atoms with Gasteiger partial charge in [0, 0.05) is 17.9 Å². The molecule has 2 heterocycles. The van der Waals surface area contributed by atoms with E-state index in [1.54, 1.807) is 4.31 Å². The van der Waals surface area contributed by atoms with Gasteiger partial charge in [0.15, 0.2) is 0 Å². The van der Waals surface area contributed by atoms with Gasteiger partial charge in [-0.05, 0) is 34.8 Å². The molecule has 3 nitrogen and oxygen atoms in total. The minimum atomic E-state index is -3.39. The van der Waals surface area contributed by atoms with Crippen LogP contribution in [-0.4, -0.2) is 30.6 Å². The number of hydrogen-bond acceptors (Lipinski definition) is 3. The summed E-state index contributed by atoms with van der Waals surface area (Å²) in [7, 11) is -3.39. The molecular weight excluding hydrogens is 413 g/mol. The molecule has 1 aromatic heterocycles. The molecule has 0 bridgehead atoms. The highest BCUT2D eigenvalue weighted by Gasteiger charge is 2.35. The molecule has 0 aromatic carbocycles. The lowest BCUT2D eigenvalue weighted by Gasteiger charge is -2.21. The second-order valence-electron chi connectivity index (χ2n) is 3.75. The maximum Gasteiger partial charge on any atom is 0.252 e. The lowest BCUT2D eigenvalue weighted by atomic mass is 10.3. The van der Waals surface area contributed by atoms with E-state index in [4.69, 9.17) is 11.6 Å². The highest BCUT2D eigenvalue weighted by atomic mass is 79.9. The molecule has 1 fully saturated rings. The van der Waals surface area contributed by atoms with Crippen LogP contribution in [0, 0.1) is 0 Å². The molecule has 0 radical (unpaired) electrons. The van der Waals surface area contributed by atoms with Crippen molar-refractivity contribution in [1.29, 1.82) is 0 Å². The molecule has 1 aliphatic rings. The number of rotatable bonds is 3. The van der Waals surface area contributed by atoms with Gasteiger partial charge in [-0.3, -0.25) is 0 Å². The fraction of sp³-hybridized carbons (Fsp3) is 0.556. The number of nitrogens with zero attached hydrogens (tertiary/aromatic N) is 1. The summed E-state index contributed by atoms with van der Waals surface area (Å²) in [6.07, 6.45) is 1.82. The summed E-state index contributed by atoms with van der Waals surface area (Å²) in [5.41, 5.74) is 0. The molecule has 1 aliphatic heterocycles. The average Bonchev–Trinajstić information content (AvgIpc) is 2.86. The van der Waals surface area contributed by atoms with Crippen LogP contribution in [0.1, 0.15) is 12.8 Å². The first kappa shape index (κ1) is 14.3. The third kappa shape index (κ3) is 2.74. The number of sulfonamides is 1. The zero-order valence-corrected chi connectivity index (χ0v) is 14.3. The van der Waals surface area contributed by atoms with E-state index < -0.39 is 10.0 Å². The van der Waals surface area contributed by atoms with Gasteiger partial charge in [0.25, 0.3) is 10.0 Å². The summed E-state index contributed by atoms with van der Waals surface area (Å²) in [6.45, 7) is 0.589. The van der Waals surface area contributed by atoms with Crippen LogP contribution in [-0.2, 0) is 10.0 Å². The van der Waals surface area contributed by atoms with Gasteiger partial charge in [0.05, 0.1) is 8.81 Å². The molecule has 1 saturated heterocycles. The van der Waals surface area contributed by atoms with Gasteiger partial charge in [-0.15, -0.1) is 11.3 Å². The van der Waals surface area contributed by atoms with Crippen molar-refractivity contribution in [2.24, 2.45) is 0 Å². The normalized spacial score (nSPS) is 22.2. The van der Waals surface area contributed by atoms with E-state index in [2.05, 4.69) is 31.9 Å². The predicted octanol–water partition coefficient (Wildman–Crippen LogP) is 3.71. The van der Waals surface area contributed by atoms with Gasteiger partial charge >= 0.3 is 0 Å². The van der Waals surface area contributed by atoms with Crippen molar-refractivity contribution in [2.75, 3.05) is 11.9 Å². The maximum absolute atomic E-state index is 12.4. The Kier molecular flexibility index (Phi) is 4.59. The van der Waals surface area contributed by atoms with E-state index in [0.717, 1.165) is 24.2 Å². The first-order valence-corrected chi connectivity index (χ1v) is 9.54. The Balaban J connectivity index is 2.36. The smallest absolute Gasteiger partial charge is 0.206 e. The fourth-order valence-corrected chi connectivity index (χ4v) is 6.94. The van der Waals surface area contributed by atoms with Crippen molar-refractivity contribution in [1.82, 2.24) is 4.31 Å². The number of hydrogen-bond donors (Lipinski definition) is 0. The Bertz CT molecular complexity index is 498. The van der Waals surface area contributed by atoms with Crippen molar-refractivity contribution in [2.45, 2.75) is 23.1 Å². The maximum atomic E-state index is 12.4. The molecule has 0 N–H and O–H groups in total. The van der Waals surface area contributed by atoms with Crippen molar-refractivity contribution in [3.05, 3.63) is 14.9 Å². The van der Waals surface area contributed by atoms with Crippen molar-refractivity contribution in [3.63, 3.8) is 0 Å². The van der Waals surface area contributed by atoms with Crippen LogP contribution in [0.5, 0.6) is 0 Å². The van der Waals surface area contributed by atoms with E-state index in [9.17, 15) is 8.42 Å². The van der Waals surface area contributed by atoms with Gasteiger partial charge in [-0.25, -0.2) is 8.42 Å². The Hall–Kier alpha value is 0.860. The Morgan fingerprint density at radius 2 is 2.29 bits per heavy atom. The van der Waals surface area contributed by atoms with Gasteiger partial charge in [-0.1, -0.05) is 27.5 Å².